The maximum atomic E-state index is 4.09. The Balaban J connectivity index is 2.72. The Morgan fingerprint density at radius 3 is 2.75 bits per heavy atom. The molecule has 0 aliphatic carbocycles. The first kappa shape index (κ1) is 9.32. The Kier molecular flexibility index (Phi) is 3.34. The summed E-state index contributed by atoms with van der Waals surface area (Å²) in [5, 5.41) is 4.21. The molecule has 0 aliphatic heterocycles. The standard InChI is InChI=1S/C8H13N3S/c1-6(2)11-7-4-8(12-3)10-5-9-7/h4-6H,1-3H3,(H,9,10,11). The van der Waals surface area contributed by atoms with Crippen molar-refractivity contribution in [1.29, 1.82) is 0 Å². The third kappa shape index (κ3) is 2.70. The van der Waals surface area contributed by atoms with Gasteiger partial charge < -0.3 is 5.32 Å². The van der Waals surface area contributed by atoms with E-state index in [-0.39, 0.29) is 0 Å². The molecule has 1 heterocycles. The van der Waals surface area contributed by atoms with Crippen LogP contribution in [0.4, 0.5) is 5.82 Å². The van der Waals surface area contributed by atoms with Crippen LogP contribution in [-0.4, -0.2) is 22.3 Å². The molecule has 0 unspecified atom stereocenters. The van der Waals surface area contributed by atoms with Crippen molar-refractivity contribution in [3.63, 3.8) is 0 Å². The first-order chi connectivity index (χ1) is 5.72. The molecule has 0 aromatic carbocycles. The minimum absolute atomic E-state index is 0.412. The summed E-state index contributed by atoms with van der Waals surface area (Å²) in [6.07, 6.45) is 3.58. The monoisotopic (exact) mass is 183 g/mol. The molecule has 0 atom stereocenters. The highest BCUT2D eigenvalue weighted by Crippen LogP contribution is 2.13. The number of anilines is 1. The Hall–Kier alpha value is -0.770. The molecule has 12 heavy (non-hydrogen) atoms. The Morgan fingerprint density at radius 2 is 2.17 bits per heavy atom. The molecule has 66 valence electrons. The van der Waals surface area contributed by atoms with Crippen molar-refractivity contribution in [2.75, 3.05) is 11.6 Å². The summed E-state index contributed by atoms with van der Waals surface area (Å²) in [7, 11) is 0. The Labute approximate surface area is 77.0 Å². The van der Waals surface area contributed by atoms with E-state index in [0.29, 0.717) is 6.04 Å². The molecule has 0 fully saturated rings. The van der Waals surface area contributed by atoms with Crippen LogP contribution in [0, 0.1) is 0 Å². The van der Waals surface area contributed by atoms with Gasteiger partial charge in [0, 0.05) is 12.1 Å². The van der Waals surface area contributed by atoms with Crippen molar-refractivity contribution >= 4 is 17.6 Å². The number of hydrogen-bond donors (Lipinski definition) is 1. The molecular formula is C8H13N3S. The quantitative estimate of drug-likeness (QED) is 0.574. The number of nitrogens with zero attached hydrogens (tertiary/aromatic N) is 2. The third-order valence-electron chi connectivity index (χ3n) is 1.29. The van der Waals surface area contributed by atoms with Gasteiger partial charge in [-0.2, -0.15) is 0 Å². The van der Waals surface area contributed by atoms with Gasteiger partial charge in [0.15, 0.2) is 0 Å². The highest BCUT2D eigenvalue weighted by Gasteiger charge is 1.97. The number of hydrogen-bond acceptors (Lipinski definition) is 4. The van der Waals surface area contributed by atoms with E-state index in [9.17, 15) is 0 Å². The molecule has 3 nitrogen and oxygen atoms in total. The average molecular weight is 183 g/mol. The minimum atomic E-state index is 0.412. The molecule has 1 aromatic rings. The molecule has 0 saturated heterocycles. The van der Waals surface area contributed by atoms with Crippen LogP contribution in [0.5, 0.6) is 0 Å². The highest BCUT2D eigenvalue weighted by molar-refractivity contribution is 7.98. The van der Waals surface area contributed by atoms with E-state index >= 15 is 0 Å². The van der Waals surface area contributed by atoms with Crippen LogP contribution in [0.1, 0.15) is 13.8 Å². The summed E-state index contributed by atoms with van der Waals surface area (Å²) in [6.45, 7) is 4.17. The number of aromatic nitrogens is 2. The van der Waals surface area contributed by atoms with E-state index in [1.165, 1.54) is 0 Å². The number of thioether (sulfide) groups is 1. The van der Waals surface area contributed by atoms with Crippen LogP contribution < -0.4 is 5.32 Å². The Morgan fingerprint density at radius 1 is 1.42 bits per heavy atom. The second-order valence-electron chi connectivity index (χ2n) is 2.74. The zero-order chi connectivity index (χ0) is 8.97. The fraction of sp³-hybridized carbons (Fsp3) is 0.500. The van der Waals surface area contributed by atoms with Gasteiger partial charge in [-0.15, -0.1) is 11.8 Å². The molecule has 0 amide bonds. The maximum Gasteiger partial charge on any atom is 0.130 e. The number of rotatable bonds is 3. The van der Waals surface area contributed by atoms with Crippen molar-refractivity contribution in [2.45, 2.75) is 24.9 Å². The van der Waals surface area contributed by atoms with Crippen LogP contribution in [0.25, 0.3) is 0 Å². The maximum absolute atomic E-state index is 4.09. The number of nitrogens with one attached hydrogen (secondary N) is 1. The SMILES string of the molecule is CSc1cc(NC(C)C)ncn1. The lowest BCUT2D eigenvalue weighted by molar-refractivity contribution is 0.880. The van der Waals surface area contributed by atoms with Crippen molar-refractivity contribution < 1.29 is 0 Å². The molecule has 0 bridgehead atoms. The molecule has 1 N–H and O–H groups in total. The molecule has 0 aliphatic rings. The van der Waals surface area contributed by atoms with Crippen LogP contribution in [0.3, 0.4) is 0 Å². The lowest BCUT2D eigenvalue weighted by atomic mass is 10.4. The zero-order valence-electron chi connectivity index (χ0n) is 7.53. The molecule has 1 rings (SSSR count). The minimum Gasteiger partial charge on any atom is -0.368 e. The summed E-state index contributed by atoms with van der Waals surface area (Å²) >= 11 is 1.62. The summed E-state index contributed by atoms with van der Waals surface area (Å²) < 4.78 is 0. The van der Waals surface area contributed by atoms with Gasteiger partial charge in [-0.3, -0.25) is 0 Å². The van der Waals surface area contributed by atoms with Crippen molar-refractivity contribution in [2.24, 2.45) is 0 Å². The lowest BCUT2D eigenvalue weighted by Gasteiger charge is -2.08. The average Bonchev–Trinajstić information content (AvgIpc) is 2.03. The highest BCUT2D eigenvalue weighted by atomic mass is 32.2. The van der Waals surface area contributed by atoms with Crippen molar-refractivity contribution in [1.82, 2.24) is 9.97 Å². The van der Waals surface area contributed by atoms with Gasteiger partial charge in [0.25, 0.3) is 0 Å². The second-order valence-corrected chi connectivity index (χ2v) is 3.57. The lowest BCUT2D eigenvalue weighted by Crippen LogP contribution is -2.10. The normalized spacial score (nSPS) is 10.3. The van der Waals surface area contributed by atoms with Crippen molar-refractivity contribution in [3.05, 3.63) is 12.4 Å². The van der Waals surface area contributed by atoms with Gasteiger partial charge in [-0.1, -0.05) is 0 Å². The van der Waals surface area contributed by atoms with E-state index in [1.807, 2.05) is 12.3 Å². The van der Waals surface area contributed by atoms with Gasteiger partial charge in [0.1, 0.15) is 17.2 Å². The summed E-state index contributed by atoms with van der Waals surface area (Å²) in [6, 6.07) is 2.36. The second kappa shape index (κ2) is 4.30. The van der Waals surface area contributed by atoms with Gasteiger partial charge in [-0.25, -0.2) is 9.97 Å². The van der Waals surface area contributed by atoms with Crippen LogP contribution in [-0.2, 0) is 0 Å². The Bertz CT molecular complexity index is 250. The van der Waals surface area contributed by atoms with Gasteiger partial charge in [-0.05, 0) is 20.1 Å². The fourth-order valence-corrected chi connectivity index (χ4v) is 1.21. The van der Waals surface area contributed by atoms with Crippen molar-refractivity contribution in [3.8, 4) is 0 Å². The summed E-state index contributed by atoms with van der Waals surface area (Å²) in [5.41, 5.74) is 0. The van der Waals surface area contributed by atoms with E-state index < -0.39 is 0 Å². The summed E-state index contributed by atoms with van der Waals surface area (Å²) in [4.78, 5) is 8.17. The topological polar surface area (TPSA) is 37.8 Å². The third-order valence-corrected chi connectivity index (χ3v) is 1.93. The molecule has 1 aromatic heterocycles. The fourth-order valence-electron chi connectivity index (χ4n) is 0.826. The van der Waals surface area contributed by atoms with Crippen LogP contribution in [0.15, 0.2) is 17.4 Å². The van der Waals surface area contributed by atoms with Gasteiger partial charge in [0.05, 0.1) is 0 Å². The predicted molar refractivity (Wildman–Crippen MR) is 52.6 cm³/mol. The molecule has 0 saturated carbocycles. The predicted octanol–water partition coefficient (Wildman–Crippen LogP) is 2.02. The first-order valence-electron chi connectivity index (χ1n) is 3.85. The largest absolute Gasteiger partial charge is 0.368 e. The molecular weight excluding hydrogens is 170 g/mol. The van der Waals surface area contributed by atoms with Crippen LogP contribution in [0.2, 0.25) is 0 Å². The smallest absolute Gasteiger partial charge is 0.130 e. The van der Waals surface area contributed by atoms with E-state index in [2.05, 4.69) is 29.1 Å². The molecule has 0 radical (unpaired) electrons. The van der Waals surface area contributed by atoms with Gasteiger partial charge >= 0.3 is 0 Å². The first-order valence-corrected chi connectivity index (χ1v) is 5.07. The molecule has 4 heteroatoms. The van der Waals surface area contributed by atoms with Crippen LogP contribution >= 0.6 is 11.8 Å². The van der Waals surface area contributed by atoms with E-state index in [1.54, 1.807) is 18.1 Å². The zero-order valence-corrected chi connectivity index (χ0v) is 8.35. The van der Waals surface area contributed by atoms with E-state index in [0.717, 1.165) is 10.8 Å². The van der Waals surface area contributed by atoms with E-state index in [4.69, 9.17) is 0 Å². The van der Waals surface area contributed by atoms with Gasteiger partial charge in [0.2, 0.25) is 0 Å². The molecule has 0 spiro atoms. The summed E-state index contributed by atoms with van der Waals surface area (Å²) in [5.74, 6) is 0.893.